The van der Waals surface area contributed by atoms with Gasteiger partial charge in [0.05, 0.1) is 30.6 Å². The van der Waals surface area contributed by atoms with Gasteiger partial charge in [0.15, 0.2) is 0 Å². The van der Waals surface area contributed by atoms with Crippen molar-refractivity contribution in [3.05, 3.63) is 36.2 Å². The van der Waals surface area contributed by atoms with Crippen molar-refractivity contribution < 1.29 is 9.90 Å². The van der Waals surface area contributed by atoms with Gasteiger partial charge in [-0.1, -0.05) is 24.6 Å². The molecule has 1 aliphatic heterocycles. The second-order valence-electron chi connectivity index (χ2n) is 9.03. The Labute approximate surface area is 179 Å². The first-order valence-electron chi connectivity index (χ1n) is 11.3. The normalized spacial score (nSPS) is 23.7. The topological polar surface area (TPSA) is 77.5 Å². The number of pyridine rings is 1. The minimum Gasteiger partial charge on any atom is -0.393 e. The van der Waals surface area contributed by atoms with Crippen molar-refractivity contribution in [1.29, 1.82) is 0 Å². The molecule has 1 saturated heterocycles. The van der Waals surface area contributed by atoms with Gasteiger partial charge < -0.3 is 15.7 Å². The SMILES string of the molecule is CCC(O)[C@H]1CC[C@@H](N2CC(NC(=O)CNc3cncc4ccc(C)cc34)C2)CC1. The summed E-state index contributed by atoms with van der Waals surface area (Å²) < 4.78 is 0. The molecule has 3 N–H and O–H groups in total. The van der Waals surface area contributed by atoms with Gasteiger partial charge in [-0.15, -0.1) is 0 Å². The summed E-state index contributed by atoms with van der Waals surface area (Å²) in [7, 11) is 0. The van der Waals surface area contributed by atoms with Crippen LogP contribution in [0.4, 0.5) is 5.69 Å². The molecule has 1 aromatic heterocycles. The highest BCUT2D eigenvalue weighted by Gasteiger charge is 2.36. The van der Waals surface area contributed by atoms with E-state index < -0.39 is 0 Å². The van der Waals surface area contributed by atoms with Crippen LogP contribution in [-0.4, -0.2) is 58.7 Å². The summed E-state index contributed by atoms with van der Waals surface area (Å²) >= 11 is 0. The number of amides is 1. The number of nitrogens with zero attached hydrogens (tertiary/aromatic N) is 2. The number of aliphatic hydroxyl groups is 1. The molecular formula is C24H34N4O2. The number of fused-ring (bicyclic) bond motifs is 1. The van der Waals surface area contributed by atoms with Gasteiger partial charge >= 0.3 is 0 Å². The fourth-order valence-electron chi connectivity index (χ4n) is 4.96. The van der Waals surface area contributed by atoms with E-state index >= 15 is 0 Å². The lowest BCUT2D eigenvalue weighted by molar-refractivity contribution is -0.121. The molecule has 0 bridgehead atoms. The van der Waals surface area contributed by atoms with Crippen molar-refractivity contribution >= 4 is 22.4 Å². The highest BCUT2D eigenvalue weighted by atomic mass is 16.3. The fraction of sp³-hybridized carbons (Fsp3) is 0.583. The van der Waals surface area contributed by atoms with Gasteiger partial charge in [-0.3, -0.25) is 14.7 Å². The molecule has 2 fully saturated rings. The summed E-state index contributed by atoms with van der Waals surface area (Å²) in [5.41, 5.74) is 2.08. The third-order valence-electron chi connectivity index (χ3n) is 6.85. The van der Waals surface area contributed by atoms with Gasteiger partial charge in [0.1, 0.15) is 0 Å². The maximum Gasteiger partial charge on any atom is 0.239 e. The third kappa shape index (κ3) is 4.76. The Kier molecular flexibility index (Phi) is 6.54. The predicted molar refractivity (Wildman–Crippen MR) is 121 cm³/mol. The van der Waals surface area contributed by atoms with Crippen LogP contribution in [0.25, 0.3) is 10.8 Å². The van der Waals surface area contributed by atoms with Crippen molar-refractivity contribution in [2.75, 3.05) is 25.0 Å². The van der Waals surface area contributed by atoms with Crippen LogP contribution in [-0.2, 0) is 4.79 Å². The maximum atomic E-state index is 12.4. The molecule has 1 saturated carbocycles. The summed E-state index contributed by atoms with van der Waals surface area (Å²) in [4.78, 5) is 19.2. The van der Waals surface area contributed by atoms with E-state index in [0.29, 0.717) is 12.0 Å². The maximum absolute atomic E-state index is 12.4. The molecule has 1 atom stereocenters. The van der Waals surface area contributed by atoms with Gasteiger partial charge in [-0.2, -0.15) is 0 Å². The first kappa shape index (κ1) is 21.1. The number of hydrogen-bond acceptors (Lipinski definition) is 5. The summed E-state index contributed by atoms with van der Waals surface area (Å²) in [5, 5.41) is 18.6. The zero-order valence-corrected chi connectivity index (χ0v) is 18.1. The van der Waals surface area contributed by atoms with Gasteiger partial charge in [0.25, 0.3) is 0 Å². The molecule has 6 nitrogen and oxygen atoms in total. The smallest absolute Gasteiger partial charge is 0.239 e. The Morgan fingerprint density at radius 1 is 1.23 bits per heavy atom. The molecule has 4 rings (SSSR count). The molecule has 162 valence electrons. The van der Waals surface area contributed by atoms with Crippen LogP contribution in [0.1, 0.15) is 44.6 Å². The van der Waals surface area contributed by atoms with Crippen LogP contribution < -0.4 is 10.6 Å². The van der Waals surface area contributed by atoms with E-state index in [1.165, 1.54) is 5.56 Å². The van der Waals surface area contributed by atoms with E-state index in [4.69, 9.17) is 0 Å². The fourth-order valence-corrected chi connectivity index (χ4v) is 4.96. The first-order chi connectivity index (χ1) is 14.5. The van der Waals surface area contributed by atoms with E-state index in [0.717, 1.165) is 61.7 Å². The van der Waals surface area contributed by atoms with E-state index in [2.05, 4.69) is 52.6 Å². The van der Waals surface area contributed by atoms with Crippen LogP contribution in [0.3, 0.4) is 0 Å². The summed E-state index contributed by atoms with van der Waals surface area (Å²) in [5.74, 6) is 0.500. The predicted octanol–water partition coefficient (Wildman–Crippen LogP) is 3.09. The van der Waals surface area contributed by atoms with Gasteiger partial charge in [-0.25, -0.2) is 0 Å². The number of rotatable bonds is 7. The van der Waals surface area contributed by atoms with Crippen LogP contribution in [0.2, 0.25) is 0 Å². The van der Waals surface area contributed by atoms with Crippen LogP contribution in [0.15, 0.2) is 30.6 Å². The summed E-state index contributed by atoms with van der Waals surface area (Å²) in [6, 6.07) is 7.10. The molecular weight excluding hydrogens is 376 g/mol. The third-order valence-corrected chi connectivity index (χ3v) is 6.85. The number of likely N-dealkylation sites (tertiary alicyclic amines) is 1. The van der Waals surface area contributed by atoms with Crippen molar-refractivity contribution in [3.63, 3.8) is 0 Å². The number of aliphatic hydroxyl groups excluding tert-OH is 1. The average Bonchev–Trinajstić information content (AvgIpc) is 2.74. The lowest BCUT2D eigenvalue weighted by Gasteiger charge is -2.47. The first-order valence-corrected chi connectivity index (χ1v) is 11.3. The second kappa shape index (κ2) is 9.31. The number of hydrogen-bond donors (Lipinski definition) is 3. The Hall–Kier alpha value is -2.18. The Bertz CT molecular complexity index is 873. The molecule has 2 aromatic rings. The number of aromatic nitrogens is 1. The average molecular weight is 411 g/mol. The number of carbonyl (C=O) groups is 1. The van der Waals surface area contributed by atoms with Crippen LogP contribution >= 0.6 is 0 Å². The highest BCUT2D eigenvalue weighted by molar-refractivity contribution is 5.94. The number of nitrogens with one attached hydrogen (secondary N) is 2. The number of aryl methyl sites for hydroxylation is 1. The Balaban J connectivity index is 1.20. The van der Waals surface area contributed by atoms with E-state index in [-0.39, 0.29) is 24.6 Å². The van der Waals surface area contributed by atoms with E-state index in [1.54, 1.807) is 6.20 Å². The molecule has 1 amide bonds. The lowest BCUT2D eigenvalue weighted by Crippen LogP contribution is -2.63. The highest BCUT2D eigenvalue weighted by Crippen LogP contribution is 2.32. The monoisotopic (exact) mass is 410 g/mol. The number of anilines is 1. The van der Waals surface area contributed by atoms with Crippen LogP contribution in [0.5, 0.6) is 0 Å². The minimum absolute atomic E-state index is 0.0269. The van der Waals surface area contributed by atoms with Crippen molar-refractivity contribution in [2.45, 2.75) is 64.1 Å². The number of benzene rings is 1. The molecule has 2 aliphatic rings. The molecule has 30 heavy (non-hydrogen) atoms. The minimum atomic E-state index is -0.136. The molecule has 1 aromatic carbocycles. The van der Waals surface area contributed by atoms with Gasteiger partial charge in [0.2, 0.25) is 5.91 Å². The van der Waals surface area contributed by atoms with Gasteiger partial charge in [-0.05, 0) is 51.0 Å². The quantitative estimate of drug-likeness (QED) is 0.654. The summed E-state index contributed by atoms with van der Waals surface area (Å²) in [6.07, 6.45) is 8.92. The zero-order valence-electron chi connectivity index (χ0n) is 18.1. The van der Waals surface area contributed by atoms with Crippen molar-refractivity contribution in [3.8, 4) is 0 Å². The summed E-state index contributed by atoms with van der Waals surface area (Å²) in [6.45, 7) is 6.26. The van der Waals surface area contributed by atoms with Gasteiger partial charge in [0, 0.05) is 36.1 Å². The Morgan fingerprint density at radius 3 is 2.73 bits per heavy atom. The molecule has 1 aliphatic carbocycles. The lowest BCUT2D eigenvalue weighted by atomic mass is 9.80. The molecule has 0 radical (unpaired) electrons. The van der Waals surface area contributed by atoms with Crippen molar-refractivity contribution in [1.82, 2.24) is 15.2 Å². The molecule has 6 heteroatoms. The molecule has 0 spiro atoms. The van der Waals surface area contributed by atoms with E-state index in [1.807, 2.05) is 6.20 Å². The second-order valence-corrected chi connectivity index (χ2v) is 9.03. The van der Waals surface area contributed by atoms with Crippen molar-refractivity contribution in [2.24, 2.45) is 5.92 Å². The largest absolute Gasteiger partial charge is 0.393 e. The van der Waals surface area contributed by atoms with Crippen LogP contribution in [0, 0.1) is 12.8 Å². The molecule has 1 unspecified atom stereocenters. The van der Waals surface area contributed by atoms with E-state index in [9.17, 15) is 9.90 Å². The zero-order chi connectivity index (χ0) is 21.1. The number of carbonyl (C=O) groups excluding carboxylic acids is 1. The molecule has 2 heterocycles. The standard InChI is InChI=1S/C24H34N4O2/c1-3-23(29)17-6-8-20(9-7-17)28-14-19(15-28)27-24(30)13-26-22-12-25-11-18-5-4-16(2)10-21(18)22/h4-5,10-12,17,19-20,23,26,29H,3,6-9,13-15H2,1-2H3,(H,27,30)/t17-,20+,23?. The Morgan fingerprint density at radius 2 is 2.00 bits per heavy atom.